The maximum absolute atomic E-state index is 12.2. The van der Waals surface area contributed by atoms with Gasteiger partial charge in [0.2, 0.25) is 0 Å². The molecule has 5 heteroatoms. The van der Waals surface area contributed by atoms with Crippen LogP contribution in [0.25, 0.3) is 15.6 Å². The Morgan fingerprint density at radius 1 is 1.24 bits per heavy atom. The van der Waals surface area contributed by atoms with Crippen LogP contribution in [-0.4, -0.2) is 28.3 Å². The molecule has 0 saturated heterocycles. The Morgan fingerprint density at radius 3 is 2.82 bits per heavy atom. The molecule has 0 saturated carbocycles. The number of fused-ring (bicyclic) bond motifs is 1. The summed E-state index contributed by atoms with van der Waals surface area (Å²) >= 11 is -0.0541. The Kier molecular flexibility index (Phi) is 2.42. The average molecular weight is 290 g/mol. The van der Waals surface area contributed by atoms with Crippen molar-refractivity contribution in [3.63, 3.8) is 0 Å². The van der Waals surface area contributed by atoms with Gasteiger partial charge in [-0.05, 0) is 0 Å². The first-order chi connectivity index (χ1) is 8.25. The van der Waals surface area contributed by atoms with Crippen LogP contribution in [0.4, 0.5) is 0 Å². The molecule has 1 aromatic carbocycles. The van der Waals surface area contributed by atoms with Crippen LogP contribution < -0.4 is 5.56 Å². The molecule has 3 aromatic rings. The Balaban J connectivity index is 2.31. The molecule has 0 aliphatic rings. The fourth-order valence-corrected chi connectivity index (χ4v) is 3.61. The van der Waals surface area contributed by atoms with Gasteiger partial charge >= 0.3 is 103 Å². The first-order valence-electron chi connectivity index (χ1n) is 5.17. The topological polar surface area (TPSA) is 47.8 Å². The number of benzene rings is 1. The van der Waals surface area contributed by atoms with Gasteiger partial charge in [-0.15, -0.1) is 0 Å². The predicted molar refractivity (Wildman–Crippen MR) is 66.8 cm³/mol. The van der Waals surface area contributed by atoms with Crippen LogP contribution in [0, 0.1) is 6.92 Å². The molecule has 0 amide bonds. The minimum absolute atomic E-state index is 0.00574. The fourth-order valence-electron chi connectivity index (χ4n) is 1.64. The quantitative estimate of drug-likeness (QED) is 0.632. The van der Waals surface area contributed by atoms with Crippen molar-refractivity contribution in [3.8, 4) is 5.95 Å². The first kappa shape index (κ1) is 10.4. The van der Waals surface area contributed by atoms with Gasteiger partial charge in [0.1, 0.15) is 0 Å². The summed E-state index contributed by atoms with van der Waals surface area (Å²) in [7, 11) is 0. The fraction of sp³-hybridized carbons (Fsp3) is 0.0833. The van der Waals surface area contributed by atoms with Gasteiger partial charge < -0.3 is 0 Å². The number of aromatic nitrogens is 3. The summed E-state index contributed by atoms with van der Waals surface area (Å²) in [5, 5.41) is 0.776. The molecule has 3 rings (SSSR count). The van der Waals surface area contributed by atoms with Crippen LogP contribution in [-0.2, 0) is 0 Å². The molecule has 4 nitrogen and oxygen atoms in total. The number of hydrogen-bond acceptors (Lipinski definition) is 3. The van der Waals surface area contributed by atoms with Crippen LogP contribution >= 0.6 is 0 Å². The van der Waals surface area contributed by atoms with Gasteiger partial charge in [0.15, 0.2) is 0 Å². The summed E-state index contributed by atoms with van der Waals surface area (Å²) in [4.78, 5) is 20.6. The van der Waals surface area contributed by atoms with Crippen LogP contribution in [0.5, 0.6) is 0 Å². The van der Waals surface area contributed by atoms with E-state index in [9.17, 15) is 4.79 Å². The van der Waals surface area contributed by atoms with Crippen molar-refractivity contribution >= 4 is 24.4 Å². The zero-order chi connectivity index (χ0) is 11.8. The Bertz CT molecular complexity index is 745. The zero-order valence-electron chi connectivity index (χ0n) is 9.12. The van der Waals surface area contributed by atoms with Crippen molar-refractivity contribution in [1.29, 1.82) is 0 Å². The molecular formula is C12H9N3OSe. The van der Waals surface area contributed by atoms with Crippen molar-refractivity contribution in [2.24, 2.45) is 0 Å². The Morgan fingerprint density at radius 2 is 2.06 bits per heavy atom. The molecular weight excluding hydrogens is 281 g/mol. The third-order valence-electron chi connectivity index (χ3n) is 2.46. The van der Waals surface area contributed by atoms with Crippen LogP contribution in [0.15, 0.2) is 41.3 Å². The molecule has 0 fully saturated rings. The summed E-state index contributed by atoms with van der Waals surface area (Å²) in [6.45, 7) is 1.89. The molecule has 84 valence electrons. The van der Waals surface area contributed by atoms with Gasteiger partial charge in [0.05, 0.1) is 0 Å². The van der Waals surface area contributed by atoms with Gasteiger partial charge in [0.25, 0.3) is 0 Å². The van der Waals surface area contributed by atoms with Gasteiger partial charge in [0, 0.05) is 0 Å². The van der Waals surface area contributed by atoms with E-state index in [-0.39, 0.29) is 20.3 Å². The predicted octanol–water partition coefficient (Wildman–Crippen LogP) is 1.15. The second kappa shape index (κ2) is 3.95. The molecule has 0 aliphatic carbocycles. The van der Waals surface area contributed by atoms with Crippen molar-refractivity contribution in [3.05, 3.63) is 52.6 Å². The number of hydrogen-bond donors (Lipinski definition) is 0. The SMILES string of the molecule is Cc1ccnc(-n2[se]c3ccccc3c2=O)n1. The number of aryl methyl sites for hydroxylation is 1. The van der Waals surface area contributed by atoms with Crippen molar-refractivity contribution in [2.45, 2.75) is 6.92 Å². The second-order valence-electron chi connectivity index (χ2n) is 3.68. The van der Waals surface area contributed by atoms with E-state index in [1.165, 1.54) is 0 Å². The first-order valence-corrected chi connectivity index (χ1v) is 6.79. The number of nitrogens with zero attached hydrogens (tertiary/aromatic N) is 3. The molecule has 0 N–H and O–H groups in total. The van der Waals surface area contributed by atoms with E-state index < -0.39 is 0 Å². The van der Waals surface area contributed by atoms with Crippen molar-refractivity contribution in [1.82, 2.24) is 13.5 Å². The summed E-state index contributed by atoms with van der Waals surface area (Å²) in [5.74, 6) is 0.506. The van der Waals surface area contributed by atoms with E-state index in [0.717, 1.165) is 15.3 Å². The zero-order valence-corrected chi connectivity index (χ0v) is 10.8. The minimum atomic E-state index is -0.0541. The van der Waals surface area contributed by atoms with Gasteiger partial charge in [-0.25, -0.2) is 0 Å². The van der Waals surface area contributed by atoms with E-state index in [1.54, 1.807) is 9.76 Å². The van der Waals surface area contributed by atoms with Crippen LogP contribution in [0.3, 0.4) is 0 Å². The summed E-state index contributed by atoms with van der Waals surface area (Å²) in [5.41, 5.74) is 0.876. The maximum atomic E-state index is 12.2. The molecule has 0 spiro atoms. The van der Waals surface area contributed by atoms with E-state index in [2.05, 4.69) is 9.97 Å². The molecule has 0 aliphatic heterocycles. The van der Waals surface area contributed by atoms with E-state index in [0.29, 0.717) is 5.95 Å². The molecule has 0 unspecified atom stereocenters. The van der Waals surface area contributed by atoms with Crippen LogP contribution in [0.1, 0.15) is 5.69 Å². The molecule has 0 atom stereocenters. The van der Waals surface area contributed by atoms with Crippen molar-refractivity contribution in [2.75, 3.05) is 0 Å². The standard InChI is InChI=1S/C12H9N3OSe/c1-8-6-7-13-12(14-8)15-11(16)9-4-2-3-5-10(9)17-15/h2-7H,1H3. The molecule has 0 radical (unpaired) electrons. The van der Waals surface area contributed by atoms with E-state index in [4.69, 9.17) is 0 Å². The van der Waals surface area contributed by atoms with Crippen LogP contribution in [0.2, 0.25) is 0 Å². The molecule has 2 aromatic heterocycles. The normalized spacial score (nSPS) is 10.9. The molecule has 2 heterocycles. The van der Waals surface area contributed by atoms with E-state index >= 15 is 0 Å². The van der Waals surface area contributed by atoms with Crippen molar-refractivity contribution < 1.29 is 0 Å². The number of rotatable bonds is 1. The second-order valence-corrected chi connectivity index (χ2v) is 5.76. The summed E-state index contributed by atoms with van der Waals surface area (Å²) in [6, 6.07) is 9.50. The summed E-state index contributed by atoms with van der Waals surface area (Å²) < 4.78 is 2.76. The average Bonchev–Trinajstić information content (AvgIpc) is 2.68. The van der Waals surface area contributed by atoms with Gasteiger partial charge in [-0.1, -0.05) is 0 Å². The van der Waals surface area contributed by atoms with Gasteiger partial charge in [-0.3, -0.25) is 0 Å². The third-order valence-corrected chi connectivity index (χ3v) is 4.69. The van der Waals surface area contributed by atoms with Gasteiger partial charge in [-0.2, -0.15) is 0 Å². The Labute approximate surface area is 104 Å². The molecule has 17 heavy (non-hydrogen) atoms. The van der Waals surface area contributed by atoms with E-state index in [1.807, 2.05) is 37.3 Å². The molecule has 0 bridgehead atoms. The monoisotopic (exact) mass is 291 g/mol. The Hall–Kier alpha value is -1.71. The summed E-state index contributed by atoms with van der Waals surface area (Å²) in [6.07, 6.45) is 1.68. The third kappa shape index (κ3) is 1.73.